The third-order valence-corrected chi connectivity index (χ3v) is 4.12. The van der Waals surface area contributed by atoms with Crippen LogP contribution in [0.5, 0.6) is 0 Å². The molecule has 0 aromatic rings. The molecule has 0 saturated carbocycles. The van der Waals surface area contributed by atoms with Crippen LogP contribution in [-0.2, 0) is 9.59 Å². The Morgan fingerprint density at radius 2 is 1.89 bits per heavy atom. The third kappa shape index (κ3) is 3.22. The van der Waals surface area contributed by atoms with E-state index in [1.807, 2.05) is 6.92 Å². The van der Waals surface area contributed by atoms with E-state index in [1.165, 1.54) is 12.8 Å². The highest BCUT2D eigenvalue weighted by Gasteiger charge is 2.34. The van der Waals surface area contributed by atoms with Crippen LogP contribution in [0.3, 0.4) is 0 Å². The Kier molecular flexibility index (Phi) is 4.22. The zero-order valence-electron chi connectivity index (χ0n) is 11.0. The van der Waals surface area contributed by atoms with Crippen LogP contribution in [-0.4, -0.2) is 41.9 Å². The maximum Gasteiger partial charge on any atom is 0.237 e. The van der Waals surface area contributed by atoms with Gasteiger partial charge in [-0.3, -0.25) is 9.59 Å². The number of rotatable bonds is 5. The first-order valence-electron chi connectivity index (χ1n) is 6.90. The lowest BCUT2D eigenvalue weighted by Crippen LogP contribution is -2.42. The summed E-state index contributed by atoms with van der Waals surface area (Å²) in [6.07, 6.45) is 5.24. The van der Waals surface area contributed by atoms with Gasteiger partial charge in [-0.1, -0.05) is 0 Å². The summed E-state index contributed by atoms with van der Waals surface area (Å²) >= 11 is 0. The third-order valence-electron chi connectivity index (χ3n) is 4.12. The fraction of sp³-hybridized carbons (Fsp3) is 0.846. The molecule has 3 N–H and O–H groups in total. The summed E-state index contributed by atoms with van der Waals surface area (Å²) in [6, 6.07) is 1.21. The van der Waals surface area contributed by atoms with Crippen LogP contribution in [0.1, 0.15) is 39.0 Å². The van der Waals surface area contributed by atoms with Crippen molar-refractivity contribution in [2.24, 2.45) is 11.7 Å². The minimum Gasteiger partial charge on any atom is -0.368 e. The van der Waals surface area contributed by atoms with E-state index in [1.54, 1.807) is 4.90 Å². The molecule has 0 aliphatic carbocycles. The second kappa shape index (κ2) is 5.69. The molecule has 2 aliphatic heterocycles. The van der Waals surface area contributed by atoms with Crippen molar-refractivity contribution in [3.8, 4) is 0 Å². The van der Waals surface area contributed by atoms with E-state index in [0.29, 0.717) is 31.0 Å². The monoisotopic (exact) mass is 253 g/mol. The molecular formula is C13H23N3O2. The predicted octanol–water partition coefficient (Wildman–Crippen LogP) is 0.241. The van der Waals surface area contributed by atoms with Crippen molar-refractivity contribution in [2.75, 3.05) is 13.1 Å². The van der Waals surface area contributed by atoms with E-state index in [9.17, 15) is 9.59 Å². The lowest BCUT2D eigenvalue weighted by atomic mass is 9.89. The summed E-state index contributed by atoms with van der Waals surface area (Å²) < 4.78 is 0. The summed E-state index contributed by atoms with van der Waals surface area (Å²) in [4.78, 5) is 24.6. The van der Waals surface area contributed by atoms with E-state index in [-0.39, 0.29) is 12.5 Å². The van der Waals surface area contributed by atoms with Gasteiger partial charge in [-0.05, 0) is 38.5 Å². The molecule has 2 unspecified atom stereocenters. The number of fused-ring (bicyclic) bond motifs is 2. The molecular weight excluding hydrogens is 230 g/mol. The summed E-state index contributed by atoms with van der Waals surface area (Å²) in [7, 11) is 0. The minimum absolute atomic E-state index is 0.0488. The average Bonchev–Trinajstić information content (AvgIpc) is 2.65. The van der Waals surface area contributed by atoms with E-state index in [4.69, 9.17) is 5.73 Å². The van der Waals surface area contributed by atoms with Gasteiger partial charge >= 0.3 is 0 Å². The minimum atomic E-state index is -0.435. The van der Waals surface area contributed by atoms with Crippen LogP contribution in [0.25, 0.3) is 0 Å². The number of hydrogen-bond acceptors (Lipinski definition) is 3. The summed E-state index contributed by atoms with van der Waals surface area (Å²) in [5.74, 6) is 0.108. The smallest absolute Gasteiger partial charge is 0.237 e. The fourth-order valence-electron chi connectivity index (χ4n) is 3.28. The molecule has 2 amide bonds. The number of amides is 2. The first kappa shape index (κ1) is 13.3. The molecule has 2 rings (SSSR count). The predicted molar refractivity (Wildman–Crippen MR) is 68.7 cm³/mol. The van der Waals surface area contributed by atoms with Crippen molar-refractivity contribution >= 4 is 11.8 Å². The number of carbonyl (C=O) groups excluding carboxylic acids is 2. The molecule has 0 radical (unpaired) electrons. The van der Waals surface area contributed by atoms with Gasteiger partial charge in [-0.25, -0.2) is 0 Å². The number of likely N-dealkylation sites (N-methyl/N-ethyl adjacent to an activating group) is 1. The molecule has 5 heteroatoms. The second-order valence-corrected chi connectivity index (χ2v) is 5.55. The molecule has 2 aliphatic rings. The summed E-state index contributed by atoms with van der Waals surface area (Å²) in [5, 5.41) is 3.57. The zero-order chi connectivity index (χ0) is 13.1. The second-order valence-electron chi connectivity index (χ2n) is 5.55. The van der Waals surface area contributed by atoms with Crippen molar-refractivity contribution in [2.45, 2.75) is 51.1 Å². The largest absolute Gasteiger partial charge is 0.368 e. The highest BCUT2D eigenvalue weighted by Crippen LogP contribution is 2.32. The molecule has 2 atom stereocenters. The van der Waals surface area contributed by atoms with Crippen LogP contribution in [0.15, 0.2) is 0 Å². The van der Waals surface area contributed by atoms with E-state index >= 15 is 0 Å². The maximum atomic E-state index is 12.1. The van der Waals surface area contributed by atoms with Crippen molar-refractivity contribution in [1.29, 1.82) is 0 Å². The Bertz CT molecular complexity index is 320. The van der Waals surface area contributed by atoms with Gasteiger partial charge in [0.2, 0.25) is 11.8 Å². The highest BCUT2D eigenvalue weighted by molar-refractivity contribution is 5.83. The molecule has 2 saturated heterocycles. The normalized spacial score (nSPS) is 30.2. The molecule has 0 aromatic heterocycles. The first-order valence-corrected chi connectivity index (χ1v) is 6.90. The number of nitrogens with zero attached hydrogens (tertiary/aromatic N) is 1. The van der Waals surface area contributed by atoms with Crippen molar-refractivity contribution in [3.63, 3.8) is 0 Å². The van der Waals surface area contributed by atoms with E-state index < -0.39 is 5.91 Å². The van der Waals surface area contributed by atoms with Crippen molar-refractivity contribution in [1.82, 2.24) is 10.2 Å². The van der Waals surface area contributed by atoms with Crippen LogP contribution in [0.2, 0.25) is 0 Å². The standard InChI is InChI=1S/C13H23N3O2/c1-2-16(8-12(14)17)13(18)7-9-5-10-3-4-11(6-9)15-10/h9-11,15H,2-8H2,1H3,(H2,14,17). The van der Waals surface area contributed by atoms with Gasteiger partial charge in [-0.2, -0.15) is 0 Å². The van der Waals surface area contributed by atoms with Crippen molar-refractivity contribution in [3.05, 3.63) is 0 Å². The molecule has 0 aromatic carbocycles. The van der Waals surface area contributed by atoms with Gasteiger partial charge in [0.1, 0.15) is 0 Å². The van der Waals surface area contributed by atoms with Gasteiger partial charge in [-0.15, -0.1) is 0 Å². The Hall–Kier alpha value is -1.10. The van der Waals surface area contributed by atoms with E-state index in [2.05, 4.69) is 5.32 Å². The van der Waals surface area contributed by atoms with Gasteiger partial charge < -0.3 is 16.0 Å². The Balaban J connectivity index is 1.84. The Morgan fingerprint density at radius 1 is 1.28 bits per heavy atom. The number of piperidine rings is 1. The van der Waals surface area contributed by atoms with Crippen LogP contribution in [0.4, 0.5) is 0 Å². The first-order chi connectivity index (χ1) is 8.58. The number of carbonyl (C=O) groups is 2. The fourth-order valence-corrected chi connectivity index (χ4v) is 3.28. The van der Waals surface area contributed by atoms with Gasteiger partial charge in [0.05, 0.1) is 6.54 Å². The van der Waals surface area contributed by atoms with Crippen LogP contribution < -0.4 is 11.1 Å². The number of nitrogens with two attached hydrogens (primary N) is 1. The SMILES string of the molecule is CCN(CC(N)=O)C(=O)CC1CC2CCC(C1)N2. The van der Waals surface area contributed by atoms with Crippen molar-refractivity contribution < 1.29 is 9.59 Å². The summed E-state index contributed by atoms with van der Waals surface area (Å²) in [5.41, 5.74) is 5.15. The Labute approximate surface area is 108 Å². The van der Waals surface area contributed by atoms with Gasteiger partial charge in [0, 0.05) is 25.0 Å². The number of hydrogen-bond donors (Lipinski definition) is 2. The van der Waals surface area contributed by atoms with Gasteiger partial charge in [0.25, 0.3) is 0 Å². The topological polar surface area (TPSA) is 75.4 Å². The molecule has 2 fully saturated rings. The highest BCUT2D eigenvalue weighted by atomic mass is 16.2. The summed E-state index contributed by atoms with van der Waals surface area (Å²) in [6.45, 7) is 2.49. The molecule has 2 bridgehead atoms. The molecule has 5 nitrogen and oxygen atoms in total. The quantitative estimate of drug-likeness (QED) is 0.737. The lowest BCUT2D eigenvalue weighted by molar-refractivity contribution is -0.136. The van der Waals surface area contributed by atoms with Crippen LogP contribution in [0, 0.1) is 5.92 Å². The maximum absolute atomic E-state index is 12.1. The van der Waals surface area contributed by atoms with Gasteiger partial charge in [0.15, 0.2) is 0 Å². The number of primary amides is 1. The zero-order valence-corrected chi connectivity index (χ0v) is 11.0. The average molecular weight is 253 g/mol. The van der Waals surface area contributed by atoms with E-state index in [0.717, 1.165) is 12.8 Å². The molecule has 2 heterocycles. The molecule has 0 spiro atoms. The Morgan fingerprint density at radius 3 is 2.39 bits per heavy atom. The number of nitrogens with one attached hydrogen (secondary N) is 1. The molecule has 102 valence electrons. The van der Waals surface area contributed by atoms with Crippen LogP contribution >= 0.6 is 0 Å². The lowest BCUT2D eigenvalue weighted by Gasteiger charge is -2.30. The molecule has 18 heavy (non-hydrogen) atoms.